The average molecular weight is 892 g/mol. The second-order valence-corrected chi connectivity index (χ2v) is 17.1. The van der Waals surface area contributed by atoms with Crippen molar-refractivity contribution >= 4 is 61.1 Å². The van der Waals surface area contributed by atoms with E-state index in [-0.39, 0.29) is 55.8 Å². The number of aromatic hydroxyl groups is 1. The van der Waals surface area contributed by atoms with Crippen LogP contribution in [0.5, 0.6) is 5.75 Å². The third kappa shape index (κ3) is 8.00. The van der Waals surface area contributed by atoms with E-state index in [4.69, 9.17) is 23.6 Å². The van der Waals surface area contributed by atoms with Gasteiger partial charge in [-0.25, -0.2) is 4.98 Å². The molecule has 1 unspecified atom stereocenters. The lowest BCUT2D eigenvalue weighted by Crippen LogP contribution is -2.46. The van der Waals surface area contributed by atoms with Gasteiger partial charge in [0, 0.05) is 64.6 Å². The van der Waals surface area contributed by atoms with E-state index in [0.29, 0.717) is 9.99 Å². The Hall–Kier alpha value is -4.93. The van der Waals surface area contributed by atoms with Crippen molar-refractivity contribution in [3.8, 4) is 17.2 Å². The van der Waals surface area contributed by atoms with Gasteiger partial charge >= 0.3 is 5.97 Å². The van der Waals surface area contributed by atoms with E-state index in [9.17, 15) is 39.6 Å². The van der Waals surface area contributed by atoms with Gasteiger partial charge in [0.15, 0.2) is 17.1 Å². The maximum absolute atomic E-state index is 14.6. The van der Waals surface area contributed by atoms with E-state index in [1.165, 1.54) is 46.3 Å². The fourth-order valence-corrected chi connectivity index (χ4v) is 9.02. The molecular formula is C45H51BrN2O12. The van der Waals surface area contributed by atoms with Gasteiger partial charge in [-0.05, 0) is 49.2 Å². The van der Waals surface area contributed by atoms with Gasteiger partial charge in [-0.2, -0.15) is 0 Å². The van der Waals surface area contributed by atoms with Crippen LogP contribution in [-0.2, 0) is 23.8 Å². The highest BCUT2D eigenvalue weighted by Crippen LogP contribution is 2.51. The Balaban J connectivity index is 1.59. The third-order valence-electron chi connectivity index (χ3n) is 12.2. The van der Waals surface area contributed by atoms with Crippen molar-refractivity contribution in [1.29, 1.82) is 0 Å². The van der Waals surface area contributed by atoms with Crippen LogP contribution in [0.3, 0.4) is 0 Å². The number of benzene rings is 3. The summed E-state index contributed by atoms with van der Waals surface area (Å²) in [5.74, 6) is -6.74. The highest BCUT2D eigenvalue weighted by Gasteiger charge is 2.47. The van der Waals surface area contributed by atoms with E-state index in [2.05, 4.69) is 21.2 Å². The SMILES string of the molecule is CO[C@H]1/C=C/O[C@@H](O)C2c3c(C)c(O)c4c(=O)c(c5oc6ccc(Br)cc6nc-5c4c3C(=O)[C@@H]2C)NC(=O)/C(C)=C\C=C\[C@H](C)[C@H](O)[C@@H](C)[C@@H](O)[C@@H](C)[C@H](OC(C)=O)[C@@H]1C. The van der Waals surface area contributed by atoms with E-state index in [0.717, 1.165) is 0 Å². The summed E-state index contributed by atoms with van der Waals surface area (Å²) < 4.78 is 24.3. The lowest BCUT2D eigenvalue weighted by Gasteiger charge is -2.38. The molecule has 2 aliphatic carbocycles. The molecule has 60 heavy (non-hydrogen) atoms. The molecule has 11 atom stereocenters. The Labute approximate surface area is 355 Å². The second kappa shape index (κ2) is 17.6. The molecule has 15 heteroatoms. The molecule has 5 N–H and O–H groups in total. The predicted molar refractivity (Wildman–Crippen MR) is 228 cm³/mol. The third-order valence-corrected chi connectivity index (χ3v) is 12.7. The van der Waals surface area contributed by atoms with Crippen LogP contribution in [0.25, 0.3) is 33.3 Å². The molecule has 1 amide bonds. The molecule has 4 aliphatic rings. The molecule has 2 aliphatic heterocycles. The minimum Gasteiger partial charge on any atom is -0.507 e. The van der Waals surface area contributed by atoms with Crippen molar-refractivity contribution in [3.63, 3.8) is 0 Å². The van der Waals surface area contributed by atoms with Crippen molar-refractivity contribution < 1.29 is 53.4 Å². The van der Waals surface area contributed by atoms with E-state index in [1.807, 2.05) is 0 Å². The van der Waals surface area contributed by atoms with Crippen LogP contribution in [0.4, 0.5) is 5.69 Å². The van der Waals surface area contributed by atoms with E-state index in [1.54, 1.807) is 65.0 Å². The van der Waals surface area contributed by atoms with Gasteiger partial charge in [-0.3, -0.25) is 19.2 Å². The number of amides is 1. The van der Waals surface area contributed by atoms with Crippen LogP contribution >= 0.6 is 15.9 Å². The lowest BCUT2D eigenvalue weighted by molar-refractivity contribution is -0.160. The summed E-state index contributed by atoms with van der Waals surface area (Å²) in [6.45, 7) is 12.8. The average Bonchev–Trinajstić information content (AvgIpc) is 3.48. The number of allylic oxidation sites excluding steroid dienone is 2. The summed E-state index contributed by atoms with van der Waals surface area (Å²) in [6, 6.07) is 5.03. The molecule has 320 valence electrons. The van der Waals surface area contributed by atoms with Gasteiger partial charge in [-0.15, -0.1) is 0 Å². The number of phenolic OH excluding ortho intramolecular Hbond substituents is 1. The number of phenols is 1. The number of ether oxygens (including phenoxy) is 3. The number of halogens is 1. The number of hydrogen-bond donors (Lipinski definition) is 5. The second-order valence-electron chi connectivity index (χ2n) is 16.1. The van der Waals surface area contributed by atoms with Gasteiger partial charge in [0.25, 0.3) is 5.91 Å². The van der Waals surface area contributed by atoms with Crippen molar-refractivity contribution in [1.82, 2.24) is 4.98 Å². The number of aliphatic hydroxyl groups is 3. The molecule has 0 saturated heterocycles. The first kappa shape index (κ1) is 44.6. The zero-order chi connectivity index (χ0) is 44.1. The maximum Gasteiger partial charge on any atom is 0.302 e. The van der Waals surface area contributed by atoms with Crippen molar-refractivity contribution in [2.75, 3.05) is 12.4 Å². The quantitative estimate of drug-likeness (QED) is 0.0811. The van der Waals surface area contributed by atoms with Gasteiger partial charge in [0.05, 0.1) is 35.9 Å². The van der Waals surface area contributed by atoms with E-state index >= 15 is 0 Å². The van der Waals surface area contributed by atoms with Crippen LogP contribution in [0.2, 0.25) is 0 Å². The summed E-state index contributed by atoms with van der Waals surface area (Å²) in [5, 5.41) is 48.9. The molecule has 0 radical (unpaired) electrons. The van der Waals surface area contributed by atoms with Gasteiger partial charge < -0.3 is 44.4 Å². The van der Waals surface area contributed by atoms with Crippen LogP contribution in [0.15, 0.2) is 68.0 Å². The first-order valence-corrected chi connectivity index (χ1v) is 20.6. The smallest absolute Gasteiger partial charge is 0.302 e. The molecule has 0 saturated carbocycles. The molecule has 0 aromatic heterocycles. The largest absolute Gasteiger partial charge is 0.507 e. The first-order valence-electron chi connectivity index (χ1n) is 19.8. The Bertz CT molecular complexity index is 2470. The topological polar surface area (TPSA) is 215 Å². The molecule has 3 bridgehead atoms. The number of nitrogens with zero attached hydrogens (tertiary/aromatic N) is 1. The molecule has 6 rings (SSSR count). The lowest BCUT2D eigenvalue weighted by atomic mass is 9.78. The summed E-state index contributed by atoms with van der Waals surface area (Å²) in [5.41, 5.74) is 0.134. The Morgan fingerprint density at radius 3 is 2.32 bits per heavy atom. The number of aromatic nitrogens is 1. The minimum atomic E-state index is -1.65. The number of esters is 1. The number of methoxy groups -OCH3 is 1. The van der Waals surface area contributed by atoms with Crippen molar-refractivity contribution in [2.45, 2.75) is 92.0 Å². The van der Waals surface area contributed by atoms with Gasteiger partial charge in [0.2, 0.25) is 11.7 Å². The number of carbonyl (C=O) groups is 3. The van der Waals surface area contributed by atoms with Crippen molar-refractivity contribution in [2.24, 2.45) is 29.6 Å². The number of fused-ring (bicyclic) bond motifs is 7. The molecular weight excluding hydrogens is 840 g/mol. The monoisotopic (exact) mass is 890 g/mol. The Morgan fingerprint density at radius 2 is 1.65 bits per heavy atom. The number of carbonyl (C=O) groups excluding carboxylic acids is 3. The zero-order valence-corrected chi connectivity index (χ0v) is 36.4. The number of rotatable bonds is 2. The number of hydrogen-bond acceptors (Lipinski definition) is 13. The Morgan fingerprint density at radius 1 is 0.950 bits per heavy atom. The van der Waals surface area contributed by atoms with Crippen LogP contribution in [-0.4, -0.2) is 80.9 Å². The number of ketones is 1. The van der Waals surface area contributed by atoms with Gasteiger partial charge in [-0.1, -0.05) is 68.8 Å². The Kier molecular flexibility index (Phi) is 13.1. The summed E-state index contributed by atoms with van der Waals surface area (Å²) in [7, 11) is 1.44. The standard InChI is InChI=1S/C45H51BrN2O12/c1-18-11-10-12-19(2)44(55)48-36-41(54)34-32(35-43(36)60-29-14-13-26(46)17-27(29)47-35)33-30(21(4)40(34)53)31(22(5)39(33)52)45(56)58-16-15-28(57-9)20(3)42(59-25(8)49)24(7)38(51)23(6)37(18)50/h10-18,20,22-24,28,31,37-38,42,45,50-51,53,56H,1-9H3,(H,48,55)/b11-10+,16-15+,19-12-/t18-,20+,22+,23+,24+,28-,31?,37-,38+,42+,45+/m0/s1. The molecule has 0 fully saturated rings. The maximum atomic E-state index is 14.6. The molecule has 0 spiro atoms. The molecule has 2 aromatic carbocycles. The van der Waals surface area contributed by atoms with Crippen LogP contribution < -0.4 is 10.7 Å². The summed E-state index contributed by atoms with van der Waals surface area (Å²) in [6.07, 6.45) is 1.96. The molecule has 2 heterocycles. The molecule has 14 nitrogen and oxygen atoms in total. The predicted octanol–water partition coefficient (Wildman–Crippen LogP) is 6.65. The van der Waals surface area contributed by atoms with E-state index < -0.39 is 95.1 Å². The highest BCUT2D eigenvalue weighted by atomic mass is 79.9. The minimum absolute atomic E-state index is 0.00222. The van der Waals surface area contributed by atoms with Gasteiger partial charge in [0.1, 0.15) is 28.8 Å². The fourth-order valence-electron chi connectivity index (χ4n) is 8.67. The first-order chi connectivity index (χ1) is 28.3. The van der Waals surface area contributed by atoms with Crippen molar-refractivity contribution in [3.05, 3.63) is 85.7 Å². The summed E-state index contributed by atoms with van der Waals surface area (Å²) >= 11 is 3.45. The fraction of sp³-hybridized carbons (Fsp3) is 0.444. The number of anilines is 1. The molecule has 2 aromatic rings. The summed E-state index contributed by atoms with van der Waals surface area (Å²) in [4.78, 5) is 60.0. The van der Waals surface area contributed by atoms with Crippen LogP contribution in [0.1, 0.15) is 75.9 Å². The zero-order valence-electron chi connectivity index (χ0n) is 34.8. The normalized spacial score (nSPS) is 31.4. The highest BCUT2D eigenvalue weighted by molar-refractivity contribution is 9.10. The number of aliphatic hydroxyl groups excluding tert-OH is 3. The van der Waals surface area contributed by atoms with Crippen LogP contribution in [0, 0.1) is 36.5 Å². The number of Topliss-reactive ketones (excluding diaryl/α,β-unsaturated/α-hetero) is 1. The number of nitrogens with one attached hydrogen (secondary N) is 1.